The van der Waals surface area contributed by atoms with E-state index < -0.39 is 6.10 Å². The summed E-state index contributed by atoms with van der Waals surface area (Å²) in [7, 11) is 0. The Bertz CT molecular complexity index is 372. The quantitative estimate of drug-likeness (QED) is 0.842. The van der Waals surface area contributed by atoms with Gasteiger partial charge in [-0.05, 0) is 63.4 Å². The number of aliphatic hydroxyl groups is 1. The lowest BCUT2D eigenvalue weighted by Gasteiger charge is -2.23. The summed E-state index contributed by atoms with van der Waals surface area (Å²) in [6, 6.07) is 5.87. The number of hydrogen-bond acceptors (Lipinski definition) is 3. The molecule has 1 aromatic carbocycles. The van der Waals surface area contributed by atoms with Crippen molar-refractivity contribution in [3.8, 4) is 0 Å². The van der Waals surface area contributed by atoms with Crippen LogP contribution < -0.4 is 5.73 Å². The fraction of sp³-hybridized carbons (Fsp3) is 0.500. The summed E-state index contributed by atoms with van der Waals surface area (Å²) in [5.74, 6) is 0. The van der Waals surface area contributed by atoms with Gasteiger partial charge in [-0.25, -0.2) is 0 Å². The summed E-state index contributed by atoms with van der Waals surface area (Å²) >= 11 is 6.86. The fourth-order valence-electron chi connectivity index (χ4n) is 1.36. The van der Waals surface area contributed by atoms with Gasteiger partial charge in [0.05, 0.1) is 18.3 Å². The number of hydrogen-bond donors (Lipinski definition) is 2. The van der Waals surface area contributed by atoms with E-state index in [4.69, 9.17) is 10.5 Å². The first-order chi connectivity index (χ1) is 7.95. The fourth-order valence-corrected chi connectivity index (χ4v) is 2.00. The first kappa shape index (κ1) is 15.1. The van der Waals surface area contributed by atoms with Gasteiger partial charge in [-0.3, -0.25) is 0 Å². The molecule has 0 radical (unpaired) electrons. The van der Waals surface area contributed by atoms with E-state index in [0.717, 1.165) is 14.5 Å². The molecule has 0 aliphatic rings. The Labute approximate surface area is 119 Å². The summed E-state index contributed by atoms with van der Waals surface area (Å²) in [6.07, 6.45) is -0.960. The number of nitrogens with two attached hydrogens (primary N) is 1. The van der Waals surface area contributed by atoms with Crippen LogP contribution in [0.2, 0.25) is 0 Å². The van der Waals surface area contributed by atoms with Gasteiger partial charge < -0.3 is 15.6 Å². The zero-order valence-electron chi connectivity index (χ0n) is 9.86. The van der Waals surface area contributed by atoms with Crippen LogP contribution in [-0.2, 0) is 4.74 Å². The molecule has 0 amide bonds. The normalized spacial score (nSPS) is 16.6. The van der Waals surface area contributed by atoms with Crippen LogP contribution in [0.5, 0.6) is 0 Å². The second-order valence-electron chi connectivity index (χ2n) is 3.98. The van der Waals surface area contributed by atoms with Gasteiger partial charge in [0.15, 0.2) is 0 Å². The van der Waals surface area contributed by atoms with E-state index in [1.165, 1.54) is 0 Å². The second-order valence-corrected chi connectivity index (χ2v) is 5.69. The monoisotopic (exact) mass is 365 g/mol. The van der Waals surface area contributed by atoms with Crippen LogP contribution in [0.15, 0.2) is 27.1 Å². The Hall–Kier alpha value is 0.0600. The molecule has 1 aromatic rings. The maximum atomic E-state index is 9.43. The average Bonchev–Trinajstić information content (AvgIpc) is 2.29. The third kappa shape index (κ3) is 4.34. The Morgan fingerprint density at radius 2 is 1.94 bits per heavy atom. The summed E-state index contributed by atoms with van der Waals surface area (Å²) in [6.45, 7) is 3.92. The van der Waals surface area contributed by atoms with E-state index in [1.54, 1.807) is 6.92 Å². The lowest BCUT2D eigenvalue weighted by Crippen LogP contribution is -2.28. The molecular formula is C12H17Br2NO2. The van der Waals surface area contributed by atoms with Gasteiger partial charge in [0.2, 0.25) is 0 Å². The molecule has 0 saturated heterocycles. The van der Waals surface area contributed by atoms with Crippen molar-refractivity contribution in [3.63, 3.8) is 0 Å². The standard InChI is InChI=1S/C12H17Br2NO2/c1-7(16)8(2)17-12(6-15)9-3-4-10(13)11(14)5-9/h3-5,7-8,12,16H,6,15H2,1-2H3. The van der Waals surface area contributed by atoms with Gasteiger partial charge in [-0.15, -0.1) is 0 Å². The van der Waals surface area contributed by atoms with Crippen LogP contribution in [0.4, 0.5) is 0 Å². The van der Waals surface area contributed by atoms with Crippen molar-refractivity contribution < 1.29 is 9.84 Å². The highest BCUT2D eigenvalue weighted by atomic mass is 79.9. The molecule has 3 atom stereocenters. The van der Waals surface area contributed by atoms with Gasteiger partial charge in [0.25, 0.3) is 0 Å². The molecular weight excluding hydrogens is 350 g/mol. The molecule has 96 valence electrons. The number of ether oxygens (including phenoxy) is 1. The maximum absolute atomic E-state index is 9.43. The van der Waals surface area contributed by atoms with Gasteiger partial charge >= 0.3 is 0 Å². The van der Waals surface area contributed by atoms with E-state index in [1.807, 2.05) is 25.1 Å². The zero-order valence-corrected chi connectivity index (χ0v) is 13.0. The van der Waals surface area contributed by atoms with Crippen molar-refractivity contribution in [2.45, 2.75) is 32.2 Å². The SMILES string of the molecule is CC(O)C(C)OC(CN)c1ccc(Br)c(Br)c1. The smallest absolute Gasteiger partial charge is 0.0952 e. The highest BCUT2D eigenvalue weighted by Gasteiger charge is 2.17. The molecule has 3 nitrogen and oxygen atoms in total. The summed E-state index contributed by atoms with van der Waals surface area (Å²) in [5.41, 5.74) is 6.70. The molecule has 3 N–H and O–H groups in total. The van der Waals surface area contributed by atoms with Crippen molar-refractivity contribution in [2.75, 3.05) is 6.54 Å². The van der Waals surface area contributed by atoms with Crippen LogP contribution in [0.25, 0.3) is 0 Å². The van der Waals surface area contributed by atoms with Crippen molar-refractivity contribution in [1.82, 2.24) is 0 Å². The van der Waals surface area contributed by atoms with Crippen LogP contribution >= 0.6 is 31.9 Å². The molecule has 0 aliphatic heterocycles. The Kier molecular flexibility index (Phi) is 6.09. The van der Waals surface area contributed by atoms with E-state index in [-0.39, 0.29) is 12.2 Å². The predicted molar refractivity (Wildman–Crippen MR) is 75.9 cm³/mol. The van der Waals surface area contributed by atoms with E-state index in [0.29, 0.717) is 6.54 Å². The molecule has 1 rings (SSSR count). The lowest BCUT2D eigenvalue weighted by atomic mass is 10.1. The number of halogens is 2. The molecule has 0 heterocycles. The van der Waals surface area contributed by atoms with Crippen molar-refractivity contribution in [2.24, 2.45) is 5.73 Å². The summed E-state index contributed by atoms with van der Waals surface area (Å²) in [4.78, 5) is 0. The molecule has 0 saturated carbocycles. The van der Waals surface area contributed by atoms with Gasteiger partial charge in [-0.1, -0.05) is 6.07 Å². The Morgan fingerprint density at radius 3 is 2.41 bits per heavy atom. The van der Waals surface area contributed by atoms with Gasteiger partial charge in [0.1, 0.15) is 0 Å². The second kappa shape index (κ2) is 6.85. The third-order valence-corrected chi connectivity index (χ3v) is 4.47. The van der Waals surface area contributed by atoms with Crippen LogP contribution in [-0.4, -0.2) is 23.9 Å². The minimum absolute atomic E-state index is 0.205. The van der Waals surface area contributed by atoms with Crippen molar-refractivity contribution >= 4 is 31.9 Å². The molecule has 3 unspecified atom stereocenters. The first-order valence-electron chi connectivity index (χ1n) is 5.44. The number of benzene rings is 1. The van der Waals surface area contributed by atoms with Gasteiger partial charge in [-0.2, -0.15) is 0 Å². The van der Waals surface area contributed by atoms with Gasteiger partial charge in [0, 0.05) is 15.5 Å². The highest BCUT2D eigenvalue weighted by Crippen LogP contribution is 2.28. The van der Waals surface area contributed by atoms with E-state index in [2.05, 4.69) is 31.9 Å². The third-order valence-electron chi connectivity index (χ3n) is 2.59. The largest absolute Gasteiger partial charge is 0.391 e. The number of rotatable bonds is 5. The molecule has 5 heteroatoms. The summed E-state index contributed by atoms with van der Waals surface area (Å²) in [5, 5.41) is 9.43. The van der Waals surface area contributed by atoms with E-state index in [9.17, 15) is 5.11 Å². The molecule has 0 aliphatic carbocycles. The van der Waals surface area contributed by atoms with Crippen LogP contribution in [0.1, 0.15) is 25.5 Å². The average molecular weight is 367 g/mol. The van der Waals surface area contributed by atoms with Crippen LogP contribution in [0.3, 0.4) is 0 Å². The van der Waals surface area contributed by atoms with Crippen molar-refractivity contribution in [3.05, 3.63) is 32.7 Å². The minimum atomic E-state index is -0.511. The molecule has 0 aromatic heterocycles. The molecule has 0 spiro atoms. The van der Waals surface area contributed by atoms with E-state index >= 15 is 0 Å². The summed E-state index contributed by atoms with van der Waals surface area (Å²) < 4.78 is 7.68. The lowest BCUT2D eigenvalue weighted by molar-refractivity contribution is -0.0591. The molecule has 0 bridgehead atoms. The zero-order chi connectivity index (χ0) is 13.0. The molecule has 17 heavy (non-hydrogen) atoms. The van der Waals surface area contributed by atoms with Crippen molar-refractivity contribution in [1.29, 1.82) is 0 Å². The Balaban J connectivity index is 2.82. The van der Waals surface area contributed by atoms with Crippen LogP contribution in [0, 0.1) is 0 Å². The topological polar surface area (TPSA) is 55.5 Å². The number of aliphatic hydroxyl groups excluding tert-OH is 1. The Morgan fingerprint density at radius 1 is 1.29 bits per heavy atom. The first-order valence-corrected chi connectivity index (χ1v) is 7.02. The minimum Gasteiger partial charge on any atom is -0.391 e. The highest BCUT2D eigenvalue weighted by molar-refractivity contribution is 9.13. The molecule has 0 fully saturated rings. The maximum Gasteiger partial charge on any atom is 0.0952 e. The predicted octanol–water partition coefficient (Wildman–Crippen LogP) is 3.00.